The second-order valence-electron chi connectivity index (χ2n) is 8.74. The predicted octanol–water partition coefficient (Wildman–Crippen LogP) is 2.88. The van der Waals surface area contributed by atoms with Gasteiger partial charge in [-0.25, -0.2) is 9.37 Å². The monoisotopic (exact) mass is 447 g/mol. The maximum atomic E-state index is 14.0. The Balaban J connectivity index is 1.25. The second kappa shape index (κ2) is 9.23. The topological polar surface area (TPSA) is 82.2 Å². The first kappa shape index (κ1) is 21.5. The van der Waals surface area contributed by atoms with E-state index in [1.165, 1.54) is 6.07 Å². The highest BCUT2D eigenvalue weighted by Gasteiger charge is 2.28. The molecule has 2 aromatic heterocycles. The number of likely N-dealkylation sites (tertiary alicyclic amines) is 1. The Labute approximate surface area is 191 Å². The molecule has 0 unspecified atom stereocenters. The van der Waals surface area contributed by atoms with Crippen molar-refractivity contribution in [3.63, 3.8) is 0 Å². The Bertz CT molecular complexity index is 1200. The lowest BCUT2D eigenvalue weighted by Gasteiger charge is -2.32. The smallest absolute Gasteiger partial charge is 0.256 e. The van der Waals surface area contributed by atoms with Gasteiger partial charge in [0.05, 0.1) is 23.4 Å². The summed E-state index contributed by atoms with van der Waals surface area (Å²) >= 11 is 0. The summed E-state index contributed by atoms with van der Waals surface area (Å²) in [7, 11) is 0. The van der Waals surface area contributed by atoms with Crippen molar-refractivity contribution in [1.29, 1.82) is 0 Å². The zero-order valence-electron chi connectivity index (χ0n) is 18.3. The summed E-state index contributed by atoms with van der Waals surface area (Å²) in [5, 5.41) is 0. The molecule has 1 amide bonds. The number of hydrogen-bond acceptors (Lipinski definition) is 5. The van der Waals surface area contributed by atoms with Crippen molar-refractivity contribution < 1.29 is 9.18 Å². The Hall–Kier alpha value is -3.39. The van der Waals surface area contributed by atoms with Gasteiger partial charge < -0.3 is 9.88 Å². The number of rotatable bonds is 4. The Morgan fingerprint density at radius 2 is 1.94 bits per heavy atom. The number of halogens is 1. The van der Waals surface area contributed by atoms with E-state index in [0.717, 1.165) is 37.4 Å². The zero-order valence-corrected chi connectivity index (χ0v) is 18.3. The summed E-state index contributed by atoms with van der Waals surface area (Å²) in [5.74, 6) is 0.613. The fourth-order valence-electron chi connectivity index (χ4n) is 4.71. The Morgan fingerprint density at radius 3 is 2.70 bits per heavy atom. The van der Waals surface area contributed by atoms with E-state index >= 15 is 0 Å². The number of benzene rings is 1. The van der Waals surface area contributed by atoms with E-state index in [1.807, 2.05) is 12.1 Å². The van der Waals surface area contributed by atoms with E-state index in [1.54, 1.807) is 35.5 Å². The number of carbonyl (C=O) groups excluding carboxylic acids is 1. The first-order valence-electron chi connectivity index (χ1n) is 11.4. The number of piperidine rings is 1. The highest BCUT2D eigenvalue weighted by molar-refractivity contribution is 5.94. The number of carbonyl (C=O) groups is 1. The van der Waals surface area contributed by atoms with Crippen LogP contribution in [-0.2, 0) is 19.5 Å². The lowest BCUT2D eigenvalue weighted by molar-refractivity contribution is 0.0732. The van der Waals surface area contributed by atoms with Crippen molar-refractivity contribution in [3.05, 3.63) is 93.2 Å². The lowest BCUT2D eigenvalue weighted by atomic mass is 9.95. The van der Waals surface area contributed by atoms with Crippen LogP contribution in [0.5, 0.6) is 0 Å². The van der Waals surface area contributed by atoms with Crippen LogP contribution in [0.3, 0.4) is 0 Å². The molecule has 2 aliphatic heterocycles. The van der Waals surface area contributed by atoms with Crippen molar-refractivity contribution in [2.24, 2.45) is 0 Å². The molecule has 0 bridgehead atoms. The molecule has 0 saturated carbocycles. The largest absolute Gasteiger partial charge is 0.334 e. The fraction of sp³-hybridized carbons (Fsp3) is 0.360. The SMILES string of the molecule is O=C(c1cccnc1)N1CCc2nc(C3CCN(Cc4ccccc4F)CC3)[nH]c(=O)c2C1. The standard InChI is InChI=1S/C25H26FN5O2/c26-21-6-2-1-4-19(21)15-30-11-7-17(8-12-30)23-28-22-9-13-31(16-20(22)24(32)29-23)25(33)18-5-3-10-27-14-18/h1-6,10,14,17H,7-9,11-13,15-16H2,(H,28,29,32). The molecule has 8 heteroatoms. The molecular formula is C25H26FN5O2. The molecule has 7 nitrogen and oxygen atoms in total. The molecule has 3 aromatic rings. The highest BCUT2D eigenvalue weighted by Crippen LogP contribution is 2.27. The van der Waals surface area contributed by atoms with Gasteiger partial charge in [0.1, 0.15) is 11.6 Å². The van der Waals surface area contributed by atoms with Gasteiger partial charge in [-0.15, -0.1) is 0 Å². The van der Waals surface area contributed by atoms with Gasteiger partial charge in [0.25, 0.3) is 11.5 Å². The normalized spacial score (nSPS) is 17.1. The molecule has 1 saturated heterocycles. The fourth-order valence-corrected chi connectivity index (χ4v) is 4.71. The lowest BCUT2D eigenvalue weighted by Crippen LogP contribution is -2.40. The van der Waals surface area contributed by atoms with E-state index in [-0.39, 0.29) is 29.7 Å². The molecule has 0 radical (unpaired) electrons. The summed E-state index contributed by atoms with van der Waals surface area (Å²) in [5.41, 5.74) is 2.43. The Kier molecular flexibility index (Phi) is 6.00. The number of pyridine rings is 1. The van der Waals surface area contributed by atoms with Gasteiger partial charge in [-0.1, -0.05) is 18.2 Å². The van der Waals surface area contributed by atoms with Crippen molar-refractivity contribution in [2.45, 2.75) is 38.3 Å². The summed E-state index contributed by atoms with van der Waals surface area (Å²) in [4.78, 5) is 41.3. The first-order chi connectivity index (χ1) is 16.1. The average molecular weight is 448 g/mol. The minimum Gasteiger partial charge on any atom is -0.334 e. The Morgan fingerprint density at radius 1 is 1.12 bits per heavy atom. The van der Waals surface area contributed by atoms with Crippen LogP contribution in [0.15, 0.2) is 53.6 Å². The molecule has 2 aliphatic rings. The molecule has 1 aromatic carbocycles. The van der Waals surface area contributed by atoms with E-state index < -0.39 is 0 Å². The first-order valence-corrected chi connectivity index (χ1v) is 11.4. The van der Waals surface area contributed by atoms with Crippen LogP contribution < -0.4 is 5.56 Å². The predicted molar refractivity (Wildman–Crippen MR) is 121 cm³/mol. The quantitative estimate of drug-likeness (QED) is 0.665. The molecule has 1 N–H and O–H groups in total. The van der Waals surface area contributed by atoms with Gasteiger partial charge in [-0.3, -0.25) is 19.5 Å². The minimum atomic E-state index is -0.170. The van der Waals surface area contributed by atoms with Gasteiger partial charge in [0, 0.05) is 43.4 Å². The molecule has 170 valence electrons. The third-order valence-electron chi connectivity index (χ3n) is 6.61. The van der Waals surface area contributed by atoms with Gasteiger partial charge in [-0.2, -0.15) is 0 Å². The molecular weight excluding hydrogens is 421 g/mol. The number of fused-ring (bicyclic) bond motifs is 1. The van der Waals surface area contributed by atoms with Gasteiger partial charge in [-0.05, 0) is 44.1 Å². The van der Waals surface area contributed by atoms with Gasteiger partial charge >= 0.3 is 0 Å². The van der Waals surface area contributed by atoms with Crippen LogP contribution in [0.25, 0.3) is 0 Å². The molecule has 1 fully saturated rings. The summed E-state index contributed by atoms with van der Waals surface area (Å²) in [6, 6.07) is 10.3. The van der Waals surface area contributed by atoms with E-state index in [4.69, 9.17) is 4.98 Å². The number of nitrogens with zero attached hydrogens (tertiary/aromatic N) is 4. The van der Waals surface area contributed by atoms with Crippen LogP contribution >= 0.6 is 0 Å². The summed E-state index contributed by atoms with van der Waals surface area (Å²) in [6.45, 7) is 3.03. The number of aromatic amines is 1. The van der Waals surface area contributed by atoms with Crippen LogP contribution in [0.2, 0.25) is 0 Å². The number of aromatic nitrogens is 3. The van der Waals surface area contributed by atoms with Crippen molar-refractivity contribution in [3.8, 4) is 0 Å². The molecule has 0 spiro atoms. The summed E-state index contributed by atoms with van der Waals surface area (Å²) < 4.78 is 14.0. The molecule has 5 rings (SSSR count). The number of H-pyrrole nitrogens is 1. The average Bonchev–Trinajstić information content (AvgIpc) is 2.86. The maximum Gasteiger partial charge on any atom is 0.256 e. The third-order valence-corrected chi connectivity index (χ3v) is 6.61. The van der Waals surface area contributed by atoms with E-state index in [2.05, 4.69) is 14.9 Å². The minimum absolute atomic E-state index is 0.126. The highest BCUT2D eigenvalue weighted by atomic mass is 19.1. The number of amides is 1. The zero-order chi connectivity index (χ0) is 22.8. The van der Waals surface area contributed by atoms with Crippen molar-refractivity contribution >= 4 is 5.91 Å². The number of hydrogen-bond donors (Lipinski definition) is 1. The van der Waals surface area contributed by atoms with Crippen molar-refractivity contribution in [1.82, 2.24) is 24.8 Å². The van der Waals surface area contributed by atoms with Gasteiger partial charge in [0.2, 0.25) is 0 Å². The molecule has 4 heterocycles. The van der Waals surface area contributed by atoms with Crippen LogP contribution in [0.4, 0.5) is 4.39 Å². The molecule has 0 aliphatic carbocycles. The summed E-state index contributed by atoms with van der Waals surface area (Å²) in [6.07, 6.45) is 5.46. The van der Waals surface area contributed by atoms with Gasteiger partial charge in [0.15, 0.2) is 0 Å². The third kappa shape index (κ3) is 4.57. The molecule has 33 heavy (non-hydrogen) atoms. The van der Waals surface area contributed by atoms with Crippen molar-refractivity contribution in [2.75, 3.05) is 19.6 Å². The van der Waals surface area contributed by atoms with Crippen LogP contribution in [-0.4, -0.2) is 50.3 Å². The molecule has 0 atom stereocenters. The van der Waals surface area contributed by atoms with E-state index in [9.17, 15) is 14.0 Å². The van der Waals surface area contributed by atoms with Crippen LogP contribution in [0.1, 0.15) is 51.8 Å². The number of nitrogens with one attached hydrogen (secondary N) is 1. The van der Waals surface area contributed by atoms with Crippen LogP contribution in [0, 0.1) is 5.82 Å². The second-order valence-corrected chi connectivity index (χ2v) is 8.74. The van der Waals surface area contributed by atoms with E-state index in [0.29, 0.717) is 36.2 Å². The maximum absolute atomic E-state index is 14.0.